The molecular weight excluding hydrogens is 324 g/mol. The van der Waals surface area contributed by atoms with E-state index in [0.717, 1.165) is 21.6 Å². The molecule has 0 bridgehead atoms. The minimum absolute atomic E-state index is 0.152. The summed E-state index contributed by atoms with van der Waals surface area (Å²) in [7, 11) is 2.32. The van der Waals surface area contributed by atoms with Crippen LogP contribution in [0.5, 0.6) is 0 Å². The molecule has 5 N–H and O–H groups in total. The fourth-order valence-electron chi connectivity index (χ4n) is 0.526. The van der Waals surface area contributed by atoms with Crippen molar-refractivity contribution in [2.75, 3.05) is 11.5 Å². The van der Waals surface area contributed by atoms with Crippen LogP contribution in [0.2, 0.25) is 0 Å². The van der Waals surface area contributed by atoms with Crippen LogP contribution in [-0.4, -0.2) is 44.8 Å². The molecule has 0 aromatic rings. The Balaban J connectivity index is 3.76. The van der Waals surface area contributed by atoms with E-state index in [0.29, 0.717) is 0 Å². The summed E-state index contributed by atoms with van der Waals surface area (Å²) >= 11 is 0.911. The largest absolute Gasteiger partial charge is 0.480 e. The highest BCUT2D eigenvalue weighted by atomic mass is 33.1. The molecule has 18 heavy (non-hydrogen) atoms. The molecule has 0 aromatic carbocycles. The number of carbonyl (C=O) groups is 2. The summed E-state index contributed by atoms with van der Waals surface area (Å²) in [6.07, 6.45) is 0. The second-order valence-electron chi connectivity index (χ2n) is 2.80. The number of rotatable bonds is 9. The Hall–Kier alpha value is 0.0200. The Labute approximate surface area is 119 Å². The first-order valence-corrected chi connectivity index (χ1v) is 8.18. The van der Waals surface area contributed by atoms with Crippen molar-refractivity contribution in [3.63, 3.8) is 0 Å². The van der Waals surface area contributed by atoms with Crippen LogP contribution >= 0.6 is 34.5 Å². The van der Waals surface area contributed by atoms with E-state index in [9.17, 15) is 13.8 Å². The van der Waals surface area contributed by atoms with E-state index >= 15 is 0 Å². The molecular formula is C6H12N2O6S4. The molecule has 0 rings (SSSR count). The Bertz CT molecular complexity index is 316. The van der Waals surface area contributed by atoms with Crippen molar-refractivity contribution in [1.29, 1.82) is 0 Å². The van der Waals surface area contributed by atoms with Gasteiger partial charge in [0.05, 0.1) is 0 Å². The van der Waals surface area contributed by atoms with Crippen LogP contribution in [0.25, 0.3) is 0 Å². The third kappa shape index (κ3) is 8.18. The van der Waals surface area contributed by atoms with Gasteiger partial charge in [0.1, 0.15) is 12.1 Å². The molecule has 0 aliphatic carbocycles. The van der Waals surface area contributed by atoms with Gasteiger partial charge < -0.3 is 20.8 Å². The number of carbonyl (C=O) groups excluding carboxylic acids is 1. The number of nitrogens with two attached hydrogens (primary N) is 2. The zero-order valence-corrected chi connectivity index (χ0v) is 12.2. The van der Waals surface area contributed by atoms with Crippen LogP contribution < -0.4 is 11.5 Å². The summed E-state index contributed by atoms with van der Waals surface area (Å²) in [6, 6.07) is -1.98. The third-order valence-electron chi connectivity index (χ3n) is 1.41. The number of thiol groups is 1. The fourth-order valence-corrected chi connectivity index (χ4v) is 3.13. The molecule has 3 unspecified atom stereocenters. The molecule has 0 amide bonds. The molecule has 0 aliphatic rings. The molecule has 8 nitrogen and oxygen atoms in total. The van der Waals surface area contributed by atoms with E-state index in [1.54, 1.807) is 0 Å². The number of hydrogen-bond acceptors (Lipinski definition) is 10. The Morgan fingerprint density at radius 3 is 2.22 bits per heavy atom. The predicted octanol–water partition coefficient (Wildman–Crippen LogP) is -0.910. The Morgan fingerprint density at radius 2 is 1.78 bits per heavy atom. The van der Waals surface area contributed by atoms with E-state index in [-0.39, 0.29) is 11.5 Å². The molecule has 0 fully saturated rings. The Kier molecular flexibility index (Phi) is 9.90. The minimum atomic E-state index is -2.28. The van der Waals surface area contributed by atoms with Crippen molar-refractivity contribution in [3.05, 3.63) is 0 Å². The number of aliphatic carboxylic acids is 1. The van der Waals surface area contributed by atoms with Crippen molar-refractivity contribution in [2.45, 2.75) is 12.1 Å². The van der Waals surface area contributed by atoms with Crippen LogP contribution in [0.3, 0.4) is 0 Å². The minimum Gasteiger partial charge on any atom is -0.480 e. The number of hydrogen-bond donors (Lipinski definition) is 4. The molecule has 0 radical (unpaired) electrons. The first-order chi connectivity index (χ1) is 8.38. The van der Waals surface area contributed by atoms with Crippen molar-refractivity contribution in [3.8, 4) is 0 Å². The predicted molar refractivity (Wildman–Crippen MR) is 72.8 cm³/mol. The van der Waals surface area contributed by atoms with Gasteiger partial charge in [-0.25, -0.2) is 4.79 Å². The first kappa shape index (κ1) is 18.0. The molecule has 0 saturated carbocycles. The monoisotopic (exact) mass is 336 g/mol. The van der Waals surface area contributed by atoms with E-state index in [1.165, 1.54) is 0 Å². The summed E-state index contributed by atoms with van der Waals surface area (Å²) in [4.78, 5) is 21.5. The summed E-state index contributed by atoms with van der Waals surface area (Å²) in [5, 5.41) is 8.50. The topological polar surface area (TPSA) is 142 Å². The van der Waals surface area contributed by atoms with Crippen molar-refractivity contribution < 1.29 is 26.7 Å². The van der Waals surface area contributed by atoms with Crippen LogP contribution in [-0.2, 0) is 28.8 Å². The lowest BCUT2D eigenvalue weighted by atomic mass is 10.4. The lowest BCUT2D eigenvalue weighted by Crippen LogP contribution is -2.35. The van der Waals surface area contributed by atoms with Crippen molar-refractivity contribution in [1.82, 2.24) is 0 Å². The maximum absolute atomic E-state index is 11.2. The summed E-state index contributed by atoms with van der Waals surface area (Å²) in [6.45, 7) is 0. The van der Waals surface area contributed by atoms with Gasteiger partial charge in [0.15, 0.2) is 0 Å². The van der Waals surface area contributed by atoms with E-state index in [4.69, 9.17) is 16.6 Å². The molecule has 106 valence electrons. The molecule has 0 heterocycles. The quantitative estimate of drug-likeness (QED) is 0.181. The van der Waals surface area contributed by atoms with Gasteiger partial charge in [0.25, 0.3) is 0 Å². The fraction of sp³-hybridized carbons (Fsp3) is 0.667. The second-order valence-corrected chi connectivity index (χ2v) is 6.52. The van der Waals surface area contributed by atoms with Gasteiger partial charge in [-0.05, 0) is 12.9 Å². The van der Waals surface area contributed by atoms with Crippen molar-refractivity contribution in [2.24, 2.45) is 11.5 Å². The van der Waals surface area contributed by atoms with Crippen LogP contribution in [0.15, 0.2) is 0 Å². The number of carboxylic acid groups (broad SMARTS) is 1. The third-order valence-corrected chi connectivity index (χ3v) is 4.67. The summed E-state index contributed by atoms with van der Waals surface area (Å²) in [5.41, 5.74) is 10.7. The number of carboxylic acids is 1. The SMILES string of the molecule is NC(CSSCC(N)C(=O)OS(=O)OS)C(=O)O. The normalized spacial score (nSPS) is 15.7. The molecule has 0 saturated heterocycles. The van der Waals surface area contributed by atoms with Gasteiger partial charge in [-0.1, -0.05) is 21.6 Å². The standard InChI is InChI=1S/C6H12N2O6S4/c7-3(5(9)10)1-16-17-2-4(8)6(11)13-18(12)14-15/h3-4,15H,1-2,7-8H2,(H,9,10). The van der Waals surface area contributed by atoms with Gasteiger partial charge in [-0.2, -0.15) is 7.84 Å². The highest BCUT2D eigenvalue weighted by Gasteiger charge is 2.19. The maximum Gasteiger partial charge on any atom is 0.374 e. The van der Waals surface area contributed by atoms with Gasteiger partial charge in [-0.15, -0.1) is 0 Å². The average Bonchev–Trinajstić information content (AvgIpc) is 2.33. The summed E-state index contributed by atoms with van der Waals surface area (Å²) in [5.74, 6) is -1.68. The van der Waals surface area contributed by atoms with Gasteiger partial charge in [-0.3, -0.25) is 4.79 Å². The van der Waals surface area contributed by atoms with Gasteiger partial charge in [0.2, 0.25) is 0 Å². The lowest BCUT2D eigenvalue weighted by molar-refractivity contribution is -0.138. The van der Waals surface area contributed by atoms with E-state index in [1.807, 2.05) is 0 Å². The first-order valence-electron chi connectivity index (χ1n) is 4.32. The van der Waals surface area contributed by atoms with E-state index < -0.39 is 35.4 Å². The average molecular weight is 336 g/mol. The highest BCUT2D eigenvalue weighted by Crippen LogP contribution is 2.22. The zero-order chi connectivity index (χ0) is 14.1. The van der Waals surface area contributed by atoms with Crippen LogP contribution in [0.4, 0.5) is 0 Å². The second kappa shape index (κ2) is 9.89. The molecule has 0 aromatic heterocycles. The van der Waals surface area contributed by atoms with Crippen molar-refractivity contribution >= 4 is 57.8 Å². The lowest BCUT2D eigenvalue weighted by Gasteiger charge is -2.09. The zero-order valence-electron chi connectivity index (χ0n) is 8.88. The van der Waals surface area contributed by atoms with Crippen LogP contribution in [0, 0.1) is 0 Å². The highest BCUT2D eigenvalue weighted by molar-refractivity contribution is 8.76. The van der Waals surface area contributed by atoms with Gasteiger partial charge in [0, 0.05) is 11.5 Å². The summed E-state index contributed by atoms with van der Waals surface area (Å²) < 4.78 is 18.8. The molecule has 0 aliphatic heterocycles. The molecule has 0 spiro atoms. The maximum atomic E-state index is 11.2. The van der Waals surface area contributed by atoms with E-state index in [2.05, 4.69) is 20.7 Å². The van der Waals surface area contributed by atoms with Gasteiger partial charge >= 0.3 is 23.3 Å². The molecule has 12 heteroatoms. The molecule has 3 atom stereocenters. The smallest absolute Gasteiger partial charge is 0.374 e. The Morgan fingerprint density at radius 1 is 1.28 bits per heavy atom. The van der Waals surface area contributed by atoms with Crippen LogP contribution in [0.1, 0.15) is 0 Å².